The third-order valence-corrected chi connectivity index (χ3v) is 4.67. The molecule has 1 aromatic rings. The lowest BCUT2D eigenvalue weighted by molar-refractivity contribution is -0.141. The monoisotopic (exact) mass is 417 g/mol. The van der Waals surface area contributed by atoms with Gasteiger partial charge in [-0.05, 0) is 44.0 Å². The van der Waals surface area contributed by atoms with Crippen LogP contribution in [0.2, 0.25) is 5.02 Å². The van der Waals surface area contributed by atoms with Crippen molar-refractivity contribution in [3.05, 3.63) is 34.9 Å². The second kappa shape index (κ2) is 11.1. The number of halogens is 2. The van der Waals surface area contributed by atoms with Gasteiger partial charge in [-0.3, -0.25) is 14.4 Å². The average molecular weight is 418 g/mol. The summed E-state index contributed by atoms with van der Waals surface area (Å²) in [7, 11) is 0. The van der Waals surface area contributed by atoms with E-state index in [2.05, 4.69) is 16.0 Å². The minimum atomic E-state index is -1.10. The summed E-state index contributed by atoms with van der Waals surface area (Å²) in [6.07, 6.45) is 1.83. The third kappa shape index (κ3) is 7.36. The molecule has 1 heterocycles. The van der Waals surface area contributed by atoms with Crippen LogP contribution in [0, 0.1) is 0 Å². The first kappa shape index (κ1) is 23.2. The van der Waals surface area contributed by atoms with Crippen molar-refractivity contribution in [2.24, 2.45) is 0 Å². The van der Waals surface area contributed by atoms with Crippen molar-refractivity contribution >= 4 is 41.8 Å². The number of rotatable bonds is 8. The Labute approximate surface area is 169 Å². The molecule has 2 amide bonds. The Morgan fingerprint density at radius 1 is 1.30 bits per heavy atom. The number of carbonyl (C=O) groups is 3. The molecule has 1 saturated heterocycles. The van der Waals surface area contributed by atoms with Crippen LogP contribution in [0.1, 0.15) is 37.7 Å². The molecule has 9 heteroatoms. The predicted octanol–water partition coefficient (Wildman–Crippen LogP) is 1.69. The summed E-state index contributed by atoms with van der Waals surface area (Å²) >= 11 is 5.92. The highest BCUT2D eigenvalue weighted by Gasteiger charge is 2.24. The maximum absolute atomic E-state index is 12.2. The Morgan fingerprint density at radius 3 is 2.52 bits per heavy atom. The number of hydrogen-bond donors (Lipinski definition) is 4. The van der Waals surface area contributed by atoms with Gasteiger partial charge in [0.05, 0.1) is 6.04 Å². The fourth-order valence-corrected chi connectivity index (χ4v) is 3.01. The zero-order valence-electron chi connectivity index (χ0n) is 15.0. The SMILES string of the molecule is C[C@H](NC(=O)C[C@@H](CNC(=O)[C@@H]1CCCN1)c1ccc(Cl)cc1)C(=O)O.Cl. The molecule has 0 aliphatic carbocycles. The zero-order chi connectivity index (χ0) is 19.1. The molecule has 0 saturated carbocycles. The topological polar surface area (TPSA) is 108 Å². The van der Waals surface area contributed by atoms with Crippen LogP contribution in [0.4, 0.5) is 0 Å². The molecule has 0 unspecified atom stereocenters. The summed E-state index contributed by atoms with van der Waals surface area (Å²) in [6.45, 7) is 2.52. The smallest absolute Gasteiger partial charge is 0.325 e. The largest absolute Gasteiger partial charge is 0.480 e. The second-order valence-electron chi connectivity index (χ2n) is 6.47. The molecular weight excluding hydrogens is 393 g/mol. The van der Waals surface area contributed by atoms with Crippen LogP contribution in [-0.2, 0) is 14.4 Å². The van der Waals surface area contributed by atoms with Gasteiger partial charge >= 0.3 is 5.97 Å². The van der Waals surface area contributed by atoms with Gasteiger partial charge in [0.15, 0.2) is 0 Å². The van der Waals surface area contributed by atoms with Crippen LogP contribution in [0.15, 0.2) is 24.3 Å². The average Bonchev–Trinajstić information content (AvgIpc) is 3.13. The van der Waals surface area contributed by atoms with Gasteiger partial charge in [-0.25, -0.2) is 0 Å². The third-order valence-electron chi connectivity index (χ3n) is 4.42. The lowest BCUT2D eigenvalue weighted by Gasteiger charge is -2.20. The fourth-order valence-electron chi connectivity index (χ4n) is 2.88. The maximum atomic E-state index is 12.2. The van der Waals surface area contributed by atoms with E-state index in [0.29, 0.717) is 5.02 Å². The lowest BCUT2D eigenvalue weighted by Crippen LogP contribution is -2.43. The van der Waals surface area contributed by atoms with Gasteiger partial charge in [-0.2, -0.15) is 0 Å². The van der Waals surface area contributed by atoms with Crippen LogP contribution >= 0.6 is 24.0 Å². The first-order chi connectivity index (χ1) is 12.4. The molecule has 0 radical (unpaired) electrons. The van der Waals surface area contributed by atoms with Crippen LogP contribution in [0.3, 0.4) is 0 Å². The van der Waals surface area contributed by atoms with Gasteiger partial charge in [0.2, 0.25) is 11.8 Å². The number of nitrogens with one attached hydrogen (secondary N) is 3. The molecule has 0 aromatic heterocycles. The molecule has 4 N–H and O–H groups in total. The van der Waals surface area contributed by atoms with Gasteiger partial charge in [0.1, 0.15) is 6.04 Å². The molecular formula is C18H25Cl2N3O4. The molecule has 0 spiro atoms. The highest BCUT2D eigenvalue weighted by Crippen LogP contribution is 2.21. The van der Waals surface area contributed by atoms with Gasteiger partial charge in [-0.1, -0.05) is 23.7 Å². The van der Waals surface area contributed by atoms with Crippen molar-refractivity contribution in [2.45, 2.75) is 44.2 Å². The van der Waals surface area contributed by atoms with Gasteiger partial charge in [-0.15, -0.1) is 12.4 Å². The quantitative estimate of drug-likeness (QED) is 0.514. The zero-order valence-corrected chi connectivity index (χ0v) is 16.6. The number of amides is 2. The predicted molar refractivity (Wildman–Crippen MR) is 105 cm³/mol. The van der Waals surface area contributed by atoms with Gasteiger partial charge in [0.25, 0.3) is 0 Å². The number of carboxylic acids is 1. The Kier molecular flexibility index (Phi) is 9.55. The van der Waals surface area contributed by atoms with Crippen molar-refractivity contribution in [3.8, 4) is 0 Å². The molecule has 2 rings (SSSR count). The molecule has 27 heavy (non-hydrogen) atoms. The number of carboxylic acid groups (broad SMARTS) is 1. The first-order valence-corrected chi connectivity index (χ1v) is 9.03. The summed E-state index contributed by atoms with van der Waals surface area (Å²) in [5.41, 5.74) is 0.854. The van der Waals surface area contributed by atoms with E-state index in [1.165, 1.54) is 6.92 Å². The number of aliphatic carboxylic acids is 1. The maximum Gasteiger partial charge on any atom is 0.325 e. The Morgan fingerprint density at radius 2 is 1.96 bits per heavy atom. The van der Waals surface area contributed by atoms with E-state index in [4.69, 9.17) is 16.7 Å². The molecule has 3 atom stereocenters. The first-order valence-electron chi connectivity index (χ1n) is 8.65. The van der Waals surface area contributed by atoms with Crippen LogP contribution in [0.25, 0.3) is 0 Å². The standard InChI is InChI=1S/C18H24ClN3O4.ClH/c1-11(18(25)26)22-16(23)9-13(12-4-6-14(19)7-5-12)10-21-17(24)15-3-2-8-20-15;/h4-7,11,13,15,20H,2-3,8-10H2,1H3,(H,21,24)(H,22,23)(H,25,26);1H/t11-,13-,15-;/m0./s1. The second-order valence-corrected chi connectivity index (χ2v) is 6.91. The molecule has 1 aliphatic rings. The molecule has 1 aromatic carbocycles. The lowest BCUT2D eigenvalue weighted by atomic mass is 9.95. The van der Waals surface area contributed by atoms with Gasteiger partial charge < -0.3 is 21.1 Å². The summed E-state index contributed by atoms with van der Waals surface area (Å²) in [6, 6.07) is 5.90. The Hall–Kier alpha value is -1.83. The van der Waals surface area contributed by atoms with E-state index in [1.807, 2.05) is 0 Å². The van der Waals surface area contributed by atoms with E-state index in [0.717, 1.165) is 24.9 Å². The minimum Gasteiger partial charge on any atom is -0.480 e. The number of benzene rings is 1. The summed E-state index contributed by atoms with van der Waals surface area (Å²) in [4.78, 5) is 35.3. The summed E-state index contributed by atoms with van der Waals surface area (Å²) in [5.74, 6) is -1.84. The van der Waals surface area contributed by atoms with Crippen molar-refractivity contribution in [3.63, 3.8) is 0 Å². The van der Waals surface area contributed by atoms with Crippen molar-refractivity contribution in [1.82, 2.24) is 16.0 Å². The van der Waals surface area contributed by atoms with E-state index in [1.54, 1.807) is 24.3 Å². The van der Waals surface area contributed by atoms with E-state index >= 15 is 0 Å². The molecule has 1 aliphatic heterocycles. The summed E-state index contributed by atoms with van der Waals surface area (Å²) in [5, 5.41) is 18.0. The van der Waals surface area contributed by atoms with E-state index < -0.39 is 12.0 Å². The molecule has 1 fully saturated rings. The summed E-state index contributed by atoms with van der Waals surface area (Å²) < 4.78 is 0. The van der Waals surface area contributed by atoms with Crippen LogP contribution in [0.5, 0.6) is 0 Å². The Bertz CT molecular complexity index is 649. The molecule has 7 nitrogen and oxygen atoms in total. The fraction of sp³-hybridized carbons (Fsp3) is 0.500. The number of hydrogen-bond acceptors (Lipinski definition) is 4. The van der Waals surface area contributed by atoms with E-state index in [9.17, 15) is 14.4 Å². The molecule has 150 valence electrons. The molecule has 0 bridgehead atoms. The van der Waals surface area contributed by atoms with Crippen molar-refractivity contribution in [2.75, 3.05) is 13.1 Å². The highest BCUT2D eigenvalue weighted by atomic mass is 35.5. The van der Waals surface area contributed by atoms with Crippen LogP contribution in [-0.4, -0.2) is 48.1 Å². The normalized spacial score (nSPS) is 18.1. The highest BCUT2D eigenvalue weighted by molar-refractivity contribution is 6.30. The van der Waals surface area contributed by atoms with Crippen molar-refractivity contribution < 1.29 is 19.5 Å². The van der Waals surface area contributed by atoms with E-state index in [-0.39, 0.29) is 49.1 Å². The Balaban J connectivity index is 0.00000364. The minimum absolute atomic E-state index is 0. The number of carbonyl (C=O) groups excluding carboxylic acids is 2. The van der Waals surface area contributed by atoms with Crippen molar-refractivity contribution in [1.29, 1.82) is 0 Å². The van der Waals surface area contributed by atoms with Crippen LogP contribution < -0.4 is 16.0 Å². The van der Waals surface area contributed by atoms with Gasteiger partial charge in [0, 0.05) is 23.9 Å².